The molecule has 1 N–H and O–H groups in total. The highest BCUT2D eigenvalue weighted by molar-refractivity contribution is 5.19. The number of nitrogens with one attached hydrogen (secondary N) is 1. The molecule has 1 nitrogen and oxygen atoms in total. The van der Waals surface area contributed by atoms with Gasteiger partial charge in [0.1, 0.15) is 6.04 Å². The van der Waals surface area contributed by atoms with Gasteiger partial charge < -0.3 is 5.32 Å². The van der Waals surface area contributed by atoms with Crippen LogP contribution in [0.15, 0.2) is 30.3 Å². The number of alkyl halides is 3. The molecule has 17 heavy (non-hydrogen) atoms. The minimum atomic E-state index is -4.18. The lowest BCUT2D eigenvalue weighted by Crippen LogP contribution is -2.42. The molecule has 0 aliphatic rings. The molecule has 0 aliphatic heterocycles. The Balaban J connectivity index is 2.68. The zero-order valence-electron chi connectivity index (χ0n) is 10.1. The Morgan fingerprint density at radius 2 is 1.76 bits per heavy atom. The SMILES string of the molecule is CCNC(CC(C)c1ccccc1)C(F)(F)F. The maximum absolute atomic E-state index is 12.7. The molecule has 0 bridgehead atoms. The summed E-state index contributed by atoms with van der Waals surface area (Å²) in [4.78, 5) is 0. The molecule has 1 rings (SSSR count). The fourth-order valence-corrected chi connectivity index (χ4v) is 1.85. The van der Waals surface area contributed by atoms with Gasteiger partial charge in [0.2, 0.25) is 0 Å². The van der Waals surface area contributed by atoms with E-state index in [2.05, 4.69) is 5.32 Å². The van der Waals surface area contributed by atoms with Crippen LogP contribution in [0.4, 0.5) is 13.2 Å². The van der Waals surface area contributed by atoms with E-state index in [-0.39, 0.29) is 12.3 Å². The third-order valence-electron chi connectivity index (χ3n) is 2.80. The highest BCUT2D eigenvalue weighted by atomic mass is 19.4. The molecule has 0 saturated carbocycles. The van der Waals surface area contributed by atoms with E-state index in [9.17, 15) is 13.2 Å². The summed E-state index contributed by atoms with van der Waals surface area (Å²) in [6.07, 6.45) is -4.11. The van der Waals surface area contributed by atoms with Crippen molar-refractivity contribution in [1.82, 2.24) is 5.32 Å². The summed E-state index contributed by atoms with van der Waals surface area (Å²) in [6, 6.07) is 7.86. The summed E-state index contributed by atoms with van der Waals surface area (Å²) in [5.74, 6) is -0.109. The minimum absolute atomic E-state index is 0.0708. The van der Waals surface area contributed by atoms with E-state index in [0.717, 1.165) is 5.56 Å². The van der Waals surface area contributed by atoms with Crippen molar-refractivity contribution < 1.29 is 13.2 Å². The molecule has 2 atom stereocenters. The second kappa shape index (κ2) is 6.05. The second-order valence-electron chi connectivity index (χ2n) is 4.20. The van der Waals surface area contributed by atoms with Gasteiger partial charge in [0.15, 0.2) is 0 Å². The summed E-state index contributed by atoms with van der Waals surface area (Å²) >= 11 is 0. The van der Waals surface area contributed by atoms with Crippen molar-refractivity contribution in [1.29, 1.82) is 0 Å². The van der Waals surface area contributed by atoms with Gasteiger partial charge in [-0.2, -0.15) is 13.2 Å². The van der Waals surface area contributed by atoms with Crippen LogP contribution in [0, 0.1) is 0 Å². The van der Waals surface area contributed by atoms with E-state index < -0.39 is 12.2 Å². The third-order valence-corrected chi connectivity index (χ3v) is 2.80. The van der Waals surface area contributed by atoms with Crippen molar-refractivity contribution in [2.75, 3.05) is 6.54 Å². The fraction of sp³-hybridized carbons (Fsp3) is 0.538. The molecule has 0 saturated heterocycles. The number of hydrogen-bond donors (Lipinski definition) is 1. The van der Waals surface area contributed by atoms with E-state index in [1.807, 2.05) is 37.3 Å². The average Bonchev–Trinajstić information content (AvgIpc) is 2.28. The lowest BCUT2D eigenvalue weighted by atomic mass is 9.93. The summed E-state index contributed by atoms with van der Waals surface area (Å²) in [6.45, 7) is 3.84. The van der Waals surface area contributed by atoms with Crippen molar-refractivity contribution in [3.05, 3.63) is 35.9 Å². The lowest BCUT2D eigenvalue weighted by Gasteiger charge is -2.24. The molecule has 96 valence electrons. The van der Waals surface area contributed by atoms with Gasteiger partial charge in [-0.1, -0.05) is 44.2 Å². The van der Waals surface area contributed by atoms with Crippen molar-refractivity contribution in [2.45, 2.75) is 38.4 Å². The number of benzene rings is 1. The molecule has 0 fully saturated rings. The van der Waals surface area contributed by atoms with Crippen LogP contribution in [0.25, 0.3) is 0 Å². The first kappa shape index (κ1) is 14.0. The van der Waals surface area contributed by atoms with Gasteiger partial charge in [-0.05, 0) is 24.4 Å². The maximum Gasteiger partial charge on any atom is 0.403 e. The van der Waals surface area contributed by atoms with Gasteiger partial charge in [0.25, 0.3) is 0 Å². The minimum Gasteiger partial charge on any atom is -0.306 e. The van der Waals surface area contributed by atoms with Gasteiger partial charge in [-0.3, -0.25) is 0 Å². The van der Waals surface area contributed by atoms with Crippen molar-refractivity contribution in [3.63, 3.8) is 0 Å². The molecule has 0 heterocycles. The lowest BCUT2D eigenvalue weighted by molar-refractivity contribution is -0.157. The van der Waals surface area contributed by atoms with Gasteiger partial charge in [-0.25, -0.2) is 0 Å². The van der Waals surface area contributed by atoms with Crippen LogP contribution < -0.4 is 5.32 Å². The molecule has 1 aromatic rings. The van der Waals surface area contributed by atoms with Crippen LogP contribution >= 0.6 is 0 Å². The fourth-order valence-electron chi connectivity index (χ4n) is 1.85. The number of rotatable bonds is 5. The Bertz CT molecular complexity index is 321. The van der Waals surface area contributed by atoms with E-state index in [1.165, 1.54) is 0 Å². The van der Waals surface area contributed by atoms with E-state index in [0.29, 0.717) is 6.54 Å². The monoisotopic (exact) mass is 245 g/mol. The Morgan fingerprint density at radius 1 is 1.18 bits per heavy atom. The molecule has 0 spiro atoms. The molecular weight excluding hydrogens is 227 g/mol. The number of halogens is 3. The van der Waals surface area contributed by atoms with E-state index >= 15 is 0 Å². The third kappa shape index (κ3) is 4.38. The Labute approximate surface area is 100 Å². The van der Waals surface area contributed by atoms with Crippen LogP contribution in [0.2, 0.25) is 0 Å². The molecule has 0 radical (unpaired) electrons. The van der Waals surface area contributed by atoms with Gasteiger partial charge >= 0.3 is 6.18 Å². The first-order valence-corrected chi connectivity index (χ1v) is 5.80. The largest absolute Gasteiger partial charge is 0.403 e. The highest BCUT2D eigenvalue weighted by Gasteiger charge is 2.39. The Kier molecular flexibility index (Phi) is 5.00. The molecular formula is C13H18F3N. The molecule has 0 aromatic heterocycles. The standard InChI is InChI=1S/C13H18F3N/c1-3-17-12(13(14,15)16)9-10(2)11-7-5-4-6-8-11/h4-8,10,12,17H,3,9H2,1-2H3. The number of hydrogen-bond acceptors (Lipinski definition) is 1. The normalized spacial score (nSPS) is 15.6. The maximum atomic E-state index is 12.7. The summed E-state index contributed by atoms with van der Waals surface area (Å²) in [7, 11) is 0. The molecule has 0 aliphatic carbocycles. The van der Waals surface area contributed by atoms with Crippen molar-refractivity contribution >= 4 is 0 Å². The summed E-state index contributed by atoms with van der Waals surface area (Å²) in [5, 5.41) is 2.50. The first-order chi connectivity index (χ1) is 7.95. The van der Waals surface area contributed by atoms with Crippen molar-refractivity contribution in [3.8, 4) is 0 Å². The van der Waals surface area contributed by atoms with Crippen LogP contribution in [0.1, 0.15) is 31.7 Å². The van der Waals surface area contributed by atoms with Crippen LogP contribution in [-0.2, 0) is 0 Å². The Morgan fingerprint density at radius 3 is 2.24 bits per heavy atom. The highest BCUT2D eigenvalue weighted by Crippen LogP contribution is 2.29. The quantitative estimate of drug-likeness (QED) is 0.833. The van der Waals surface area contributed by atoms with Crippen molar-refractivity contribution in [2.24, 2.45) is 0 Å². The van der Waals surface area contributed by atoms with Gasteiger partial charge in [0.05, 0.1) is 0 Å². The van der Waals surface area contributed by atoms with Gasteiger partial charge in [-0.15, -0.1) is 0 Å². The molecule has 1 aromatic carbocycles. The van der Waals surface area contributed by atoms with Crippen LogP contribution in [0.5, 0.6) is 0 Å². The zero-order chi connectivity index (χ0) is 12.9. The Hall–Kier alpha value is -1.03. The van der Waals surface area contributed by atoms with E-state index in [4.69, 9.17) is 0 Å². The topological polar surface area (TPSA) is 12.0 Å². The first-order valence-electron chi connectivity index (χ1n) is 5.80. The second-order valence-corrected chi connectivity index (χ2v) is 4.20. The zero-order valence-corrected chi connectivity index (χ0v) is 10.1. The van der Waals surface area contributed by atoms with Crippen LogP contribution in [0.3, 0.4) is 0 Å². The predicted molar refractivity (Wildman–Crippen MR) is 63.0 cm³/mol. The average molecular weight is 245 g/mol. The van der Waals surface area contributed by atoms with E-state index in [1.54, 1.807) is 6.92 Å². The predicted octanol–water partition coefficient (Wildman–Crippen LogP) is 3.72. The molecule has 4 heteroatoms. The molecule has 0 amide bonds. The molecule has 2 unspecified atom stereocenters. The smallest absolute Gasteiger partial charge is 0.306 e. The summed E-state index contributed by atoms with van der Waals surface area (Å²) < 4.78 is 38.2. The van der Waals surface area contributed by atoms with Gasteiger partial charge in [0, 0.05) is 0 Å². The van der Waals surface area contributed by atoms with Crippen LogP contribution in [-0.4, -0.2) is 18.8 Å². The summed E-state index contributed by atoms with van der Waals surface area (Å²) in [5.41, 5.74) is 0.944.